The van der Waals surface area contributed by atoms with E-state index in [2.05, 4.69) is 6.58 Å². The molecule has 1 unspecified atom stereocenters. The van der Waals surface area contributed by atoms with Crippen LogP contribution in [0.5, 0.6) is 0 Å². The minimum absolute atomic E-state index is 0.154. The highest BCUT2D eigenvalue weighted by Crippen LogP contribution is 2.32. The van der Waals surface area contributed by atoms with E-state index in [1.54, 1.807) is 7.11 Å². The third-order valence-electron chi connectivity index (χ3n) is 2.46. The zero-order chi connectivity index (χ0) is 11.5. The van der Waals surface area contributed by atoms with Crippen LogP contribution in [0.25, 0.3) is 0 Å². The summed E-state index contributed by atoms with van der Waals surface area (Å²) in [7, 11) is 1.29. The van der Waals surface area contributed by atoms with Gasteiger partial charge in [0, 0.05) is 13.7 Å². The van der Waals surface area contributed by atoms with Crippen molar-refractivity contribution < 1.29 is 14.0 Å². The van der Waals surface area contributed by atoms with Gasteiger partial charge in [0.2, 0.25) is 0 Å². The SMILES string of the molecule is C=C1OB(C(Cl)CCCOC)OC1(C)C. The predicted molar refractivity (Wildman–Crippen MR) is 61.9 cm³/mol. The average molecular weight is 233 g/mol. The molecular weight excluding hydrogens is 214 g/mol. The van der Waals surface area contributed by atoms with Gasteiger partial charge in [-0.25, -0.2) is 0 Å². The third kappa shape index (κ3) is 3.40. The number of halogens is 1. The van der Waals surface area contributed by atoms with Gasteiger partial charge in [0.1, 0.15) is 5.60 Å². The highest BCUT2D eigenvalue weighted by molar-refractivity contribution is 6.60. The number of ether oxygens (including phenoxy) is 1. The van der Waals surface area contributed by atoms with Gasteiger partial charge in [-0.05, 0) is 26.7 Å². The number of hydrogen-bond acceptors (Lipinski definition) is 3. The Kier molecular flexibility index (Phi) is 4.50. The molecule has 0 bridgehead atoms. The molecule has 3 nitrogen and oxygen atoms in total. The molecule has 1 rings (SSSR count). The summed E-state index contributed by atoms with van der Waals surface area (Å²) in [5, 5.41) is -0.154. The maximum absolute atomic E-state index is 6.17. The molecule has 1 saturated heterocycles. The van der Waals surface area contributed by atoms with Crippen molar-refractivity contribution in [2.24, 2.45) is 0 Å². The van der Waals surface area contributed by atoms with Gasteiger partial charge in [-0.1, -0.05) is 6.58 Å². The van der Waals surface area contributed by atoms with Gasteiger partial charge in [-0.3, -0.25) is 0 Å². The van der Waals surface area contributed by atoms with Crippen LogP contribution in [0.15, 0.2) is 12.3 Å². The van der Waals surface area contributed by atoms with E-state index in [0.29, 0.717) is 12.4 Å². The molecule has 1 aliphatic rings. The Bertz CT molecular complexity index is 233. The summed E-state index contributed by atoms with van der Waals surface area (Å²) in [5.41, 5.74) is -0.431. The van der Waals surface area contributed by atoms with Gasteiger partial charge < -0.3 is 14.0 Å². The van der Waals surface area contributed by atoms with E-state index in [1.165, 1.54) is 0 Å². The first-order valence-corrected chi connectivity index (χ1v) is 5.58. The Morgan fingerprint density at radius 2 is 2.27 bits per heavy atom. The second kappa shape index (κ2) is 5.24. The smallest absolute Gasteiger partial charge is 0.537 e. The Labute approximate surface area is 96.9 Å². The van der Waals surface area contributed by atoms with Gasteiger partial charge in [0.25, 0.3) is 0 Å². The summed E-state index contributed by atoms with van der Waals surface area (Å²) in [6, 6.07) is 0. The first-order valence-electron chi connectivity index (χ1n) is 5.14. The van der Waals surface area contributed by atoms with E-state index in [-0.39, 0.29) is 12.4 Å². The summed E-state index contributed by atoms with van der Waals surface area (Å²) < 4.78 is 16.1. The number of hydrogen-bond donors (Lipinski definition) is 0. The van der Waals surface area contributed by atoms with Crippen LogP contribution in [0.4, 0.5) is 0 Å². The van der Waals surface area contributed by atoms with Crippen LogP contribution < -0.4 is 0 Å². The van der Waals surface area contributed by atoms with Crippen molar-refractivity contribution in [3.8, 4) is 0 Å². The highest BCUT2D eigenvalue weighted by atomic mass is 35.5. The van der Waals surface area contributed by atoms with Crippen LogP contribution >= 0.6 is 11.6 Å². The minimum Gasteiger partial charge on any atom is -0.537 e. The fourth-order valence-electron chi connectivity index (χ4n) is 1.37. The average Bonchev–Trinajstić information content (AvgIpc) is 2.42. The van der Waals surface area contributed by atoms with E-state index >= 15 is 0 Å². The molecule has 1 aliphatic heterocycles. The van der Waals surface area contributed by atoms with Crippen molar-refractivity contribution in [3.05, 3.63) is 12.3 Å². The normalized spacial score (nSPS) is 21.6. The Morgan fingerprint density at radius 1 is 1.60 bits per heavy atom. The predicted octanol–water partition coefficient (Wildman–Crippen LogP) is 2.39. The third-order valence-corrected chi connectivity index (χ3v) is 2.89. The van der Waals surface area contributed by atoms with Crippen LogP contribution in [0.2, 0.25) is 0 Å². The van der Waals surface area contributed by atoms with Crippen molar-refractivity contribution >= 4 is 18.7 Å². The fraction of sp³-hybridized carbons (Fsp3) is 0.800. The van der Waals surface area contributed by atoms with Gasteiger partial charge in [0.05, 0.1) is 11.0 Å². The molecular formula is C10H18BClO3. The lowest BCUT2D eigenvalue weighted by atomic mass is 9.81. The van der Waals surface area contributed by atoms with Crippen molar-refractivity contribution in [1.82, 2.24) is 0 Å². The molecule has 86 valence electrons. The molecule has 0 N–H and O–H groups in total. The maximum Gasteiger partial charge on any atom is 0.545 e. The number of rotatable bonds is 5. The van der Waals surface area contributed by atoms with Crippen molar-refractivity contribution in [1.29, 1.82) is 0 Å². The zero-order valence-electron chi connectivity index (χ0n) is 9.59. The van der Waals surface area contributed by atoms with Crippen LogP contribution in [0.1, 0.15) is 26.7 Å². The second-order valence-electron chi connectivity index (χ2n) is 4.19. The van der Waals surface area contributed by atoms with E-state index in [9.17, 15) is 0 Å². The highest BCUT2D eigenvalue weighted by Gasteiger charge is 2.45. The van der Waals surface area contributed by atoms with Gasteiger partial charge in [-0.2, -0.15) is 0 Å². The molecule has 0 aromatic carbocycles. The van der Waals surface area contributed by atoms with Crippen molar-refractivity contribution in [2.45, 2.75) is 37.6 Å². The van der Waals surface area contributed by atoms with Crippen molar-refractivity contribution in [2.75, 3.05) is 13.7 Å². The van der Waals surface area contributed by atoms with E-state index < -0.39 is 5.60 Å². The molecule has 1 fully saturated rings. The van der Waals surface area contributed by atoms with Crippen LogP contribution in [0.3, 0.4) is 0 Å². The molecule has 0 radical (unpaired) electrons. The zero-order valence-corrected chi connectivity index (χ0v) is 10.3. The summed E-state index contributed by atoms with van der Waals surface area (Å²) in [6.45, 7) is 8.36. The molecule has 0 aliphatic carbocycles. The van der Waals surface area contributed by atoms with Gasteiger partial charge in [0.15, 0.2) is 0 Å². The molecule has 0 spiro atoms. The molecule has 0 amide bonds. The van der Waals surface area contributed by atoms with E-state index in [4.69, 9.17) is 25.6 Å². The number of alkyl halides is 1. The first-order chi connectivity index (χ1) is 6.97. The standard InChI is InChI=1S/C10H18BClO3/c1-8-10(2,3)15-11(14-8)9(12)6-5-7-13-4/h9H,1,5-7H2,2-4H3. The summed E-state index contributed by atoms with van der Waals surface area (Å²) in [4.78, 5) is 0. The molecule has 0 saturated carbocycles. The van der Waals surface area contributed by atoms with E-state index in [0.717, 1.165) is 12.8 Å². The minimum atomic E-state index is -0.431. The molecule has 1 atom stereocenters. The Balaban J connectivity index is 2.36. The molecule has 1 heterocycles. The van der Waals surface area contributed by atoms with Gasteiger partial charge in [-0.15, -0.1) is 11.6 Å². The fourth-order valence-corrected chi connectivity index (χ4v) is 1.63. The lowest BCUT2D eigenvalue weighted by Gasteiger charge is -2.16. The molecule has 15 heavy (non-hydrogen) atoms. The molecule has 5 heteroatoms. The Hall–Kier alpha value is -0.185. The summed E-state index contributed by atoms with van der Waals surface area (Å²) in [5.74, 6) is 0.643. The second-order valence-corrected chi connectivity index (χ2v) is 4.75. The Morgan fingerprint density at radius 3 is 2.73 bits per heavy atom. The molecule has 0 aromatic heterocycles. The molecule has 0 aromatic rings. The van der Waals surface area contributed by atoms with E-state index in [1.807, 2.05) is 13.8 Å². The van der Waals surface area contributed by atoms with Crippen LogP contribution in [0, 0.1) is 0 Å². The van der Waals surface area contributed by atoms with Crippen LogP contribution in [-0.4, -0.2) is 31.7 Å². The monoisotopic (exact) mass is 232 g/mol. The quantitative estimate of drug-likeness (QED) is 0.414. The summed E-state index contributed by atoms with van der Waals surface area (Å²) >= 11 is 6.17. The largest absolute Gasteiger partial charge is 0.545 e. The summed E-state index contributed by atoms with van der Waals surface area (Å²) in [6.07, 6.45) is 1.71. The lowest BCUT2D eigenvalue weighted by molar-refractivity contribution is 0.167. The van der Waals surface area contributed by atoms with Gasteiger partial charge >= 0.3 is 7.12 Å². The topological polar surface area (TPSA) is 27.7 Å². The lowest BCUT2D eigenvalue weighted by Crippen LogP contribution is -2.31. The first kappa shape index (κ1) is 12.9. The maximum atomic E-state index is 6.17. The van der Waals surface area contributed by atoms with Crippen molar-refractivity contribution in [3.63, 3.8) is 0 Å². The van der Waals surface area contributed by atoms with Crippen LogP contribution in [-0.2, 0) is 14.0 Å². The number of methoxy groups -OCH3 is 1.